The average Bonchev–Trinajstić information content (AvgIpc) is 3.22. The number of fused-ring (bicyclic) bond motifs is 2. The summed E-state index contributed by atoms with van der Waals surface area (Å²) in [6.45, 7) is 0.520. The fourth-order valence-corrected chi connectivity index (χ4v) is 3.73. The van der Waals surface area contributed by atoms with Gasteiger partial charge in [0.25, 0.3) is 0 Å². The Labute approximate surface area is 148 Å². The fourth-order valence-electron chi connectivity index (χ4n) is 2.71. The minimum absolute atomic E-state index is 0.0570. The maximum Gasteiger partial charge on any atom is 0.223 e. The molecule has 0 radical (unpaired) electrons. The van der Waals surface area contributed by atoms with Gasteiger partial charge in [0.1, 0.15) is 10.5 Å². The Kier molecular flexibility index (Phi) is 4.19. The molecular formula is C19H17N3O2S. The second-order valence-corrected chi connectivity index (χ2v) is 7.02. The molecule has 126 valence electrons. The van der Waals surface area contributed by atoms with Gasteiger partial charge in [-0.05, 0) is 24.3 Å². The first-order valence-corrected chi connectivity index (χ1v) is 8.93. The summed E-state index contributed by atoms with van der Waals surface area (Å²) in [6, 6.07) is 15.6. The largest absolute Gasteiger partial charge is 0.441 e. The number of aromatic nitrogens is 2. The van der Waals surface area contributed by atoms with Crippen molar-refractivity contribution < 1.29 is 9.21 Å². The van der Waals surface area contributed by atoms with Gasteiger partial charge in [-0.15, -0.1) is 11.3 Å². The fraction of sp³-hybridized carbons (Fsp3) is 0.211. The van der Waals surface area contributed by atoms with E-state index in [2.05, 4.69) is 9.97 Å². The Morgan fingerprint density at radius 1 is 1.08 bits per heavy atom. The van der Waals surface area contributed by atoms with Crippen LogP contribution in [0.5, 0.6) is 0 Å². The van der Waals surface area contributed by atoms with Crippen LogP contribution in [-0.4, -0.2) is 27.8 Å². The number of para-hydroxylation sites is 3. The van der Waals surface area contributed by atoms with Crippen LogP contribution in [0.1, 0.15) is 17.3 Å². The number of aryl methyl sites for hydroxylation is 1. The van der Waals surface area contributed by atoms with Crippen LogP contribution in [0, 0.1) is 0 Å². The van der Waals surface area contributed by atoms with Crippen LogP contribution in [0.4, 0.5) is 0 Å². The van der Waals surface area contributed by atoms with Crippen molar-refractivity contribution in [3.63, 3.8) is 0 Å². The molecule has 25 heavy (non-hydrogen) atoms. The molecular weight excluding hydrogens is 334 g/mol. The first-order chi connectivity index (χ1) is 12.2. The molecule has 0 fully saturated rings. The van der Waals surface area contributed by atoms with E-state index in [1.54, 1.807) is 23.3 Å². The van der Waals surface area contributed by atoms with Crippen LogP contribution in [0.3, 0.4) is 0 Å². The topological polar surface area (TPSA) is 59.2 Å². The molecule has 5 nitrogen and oxygen atoms in total. The van der Waals surface area contributed by atoms with E-state index in [4.69, 9.17) is 4.42 Å². The highest BCUT2D eigenvalue weighted by molar-refractivity contribution is 7.18. The number of rotatable bonds is 5. The summed E-state index contributed by atoms with van der Waals surface area (Å²) in [6.07, 6.45) is 0.867. The first-order valence-electron chi connectivity index (χ1n) is 8.12. The van der Waals surface area contributed by atoms with Gasteiger partial charge in [-0.2, -0.15) is 0 Å². The molecule has 1 amide bonds. The van der Waals surface area contributed by atoms with Crippen molar-refractivity contribution in [2.24, 2.45) is 0 Å². The first kappa shape index (κ1) is 15.8. The molecule has 0 N–H and O–H groups in total. The van der Waals surface area contributed by atoms with Gasteiger partial charge in [-0.3, -0.25) is 4.79 Å². The molecule has 0 bridgehead atoms. The monoisotopic (exact) mass is 351 g/mol. The maximum atomic E-state index is 12.4. The third-order valence-corrected chi connectivity index (χ3v) is 5.05. The summed E-state index contributed by atoms with van der Waals surface area (Å²) < 4.78 is 6.81. The van der Waals surface area contributed by atoms with E-state index in [0.29, 0.717) is 25.3 Å². The summed E-state index contributed by atoms with van der Waals surface area (Å²) in [4.78, 5) is 23.1. The number of carbonyl (C=O) groups is 1. The molecule has 0 spiro atoms. The zero-order valence-electron chi connectivity index (χ0n) is 13.8. The van der Waals surface area contributed by atoms with E-state index in [1.807, 2.05) is 48.5 Å². The van der Waals surface area contributed by atoms with E-state index >= 15 is 0 Å². The predicted octanol–water partition coefficient (Wildman–Crippen LogP) is 4.03. The van der Waals surface area contributed by atoms with Crippen molar-refractivity contribution >= 4 is 38.6 Å². The lowest BCUT2D eigenvalue weighted by Crippen LogP contribution is -2.26. The Morgan fingerprint density at radius 2 is 1.84 bits per heavy atom. The van der Waals surface area contributed by atoms with E-state index in [9.17, 15) is 4.79 Å². The Morgan fingerprint density at radius 3 is 2.64 bits per heavy atom. The quantitative estimate of drug-likeness (QED) is 0.545. The van der Waals surface area contributed by atoms with Crippen LogP contribution < -0.4 is 0 Å². The molecule has 0 unspecified atom stereocenters. The highest BCUT2D eigenvalue weighted by atomic mass is 32.1. The summed E-state index contributed by atoms with van der Waals surface area (Å²) >= 11 is 1.62. The maximum absolute atomic E-state index is 12.4. The minimum atomic E-state index is 0.0570. The normalized spacial score (nSPS) is 11.2. The third kappa shape index (κ3) is 3.39. The summed E-state index contributed by atoms with van der Waals surface area (Å²) in [7, 11) is 1.81. The lowest BCUT2D eigenvalue weighted by Gasteiger charge is -2.14. The standard InChI is InChI=1S/C19H17N3O2S/c1-22(12-18-21-14-7-3-5-9-16(14)25-18)19(23)11-10-17-20-13-6-2-4-8-15(13)24-17/h2-9H,10-12H2,1H3. The Hall–Kier alpha value is -2.73. The van der Waals surface area contributed by atoms with Gasteiger partial charge >= 0.3 is 0 Å². The van der Waals surface area contributed by atoms with Gasteiger partial charge in [0.2, 0.25) is 5.91 Å². The second kappa shape index (κ2) is 6.64. The van der Waals surface area contributed by atoms with Crippen molar-refractivity contribution in [1.29, 1.82) is 0 Å². The summed E-state index contributed by atoms with van der Waals surface area (Å²) in [5, 5.41) is 0.943. The molecule has 0 saturated carbocycles. The Bertz CT molecular complexity index is 971. The Balaban J connectivity index is 1.38. The molecule has 2 aromatic heterocycles. The van der Waals surface area contributed by atoms with E-state index in [0.717, 1.165) is 26.3 Å². The third-order valence-electron chi connectivity index (χ3n) is 4.03. The van der Waals surface area contributed by atoms with Crippen molar-refractivity contribution in [3.8, 4) is 0 Å². The summed E-state index contributed by atoms with van der Waals surface area (Å²) in [5.41, 5.74) is 2.57. The molecule has 4 aromatic rings. The number of hydrogen-bond donors (Lipinski definition) is 0. The van der Waals surface area contributed by atoms with Crippen LogP contribution >= 0.6 is 11.3 Å². The van der Waals surface area contributed by atoms with E-state index in [-0.39, 0.29) is 5.91 Å². The predicted molar refractivity (Wildman–Crippen MR) is 98.4 cm³/mol. The van der Waals surface area contributed by atoms with Gasteiger partial charge in [0.05, 0.1) is 16.8 Å². The van der Waals surface area contributed by atoms with Gasteiger partial charge < -0.3 is 9.32 Å². The molecule has 2 heterocycles. The van der Waals surface area contributed by atoms with Crippen LogP contribution in [0.2, 0.25) is 0 Å². The number of thiazole rings is 1. The van der Waals surface area contributed by atoms with Crippen molar-refractivity contribution in [3.05, 3.63) is 59.4 Å². The van der Waals surface area contributed by atoms with Crippen LogP contribution in [0.15, 0.2) is 52.9 Å². The number of hydrogen-bond acceptors (Lipinski definition) is 5. The van der Waals surface area contributed by atoms with E-state index < -0.39 is 0 Å². The van der Waals surface area contributed by atoms with Crippen molar-refractivity contribution in [2.45, 2.75) is 19.4 Å². The molecule has 0 aliphatic rings. The molecule has 0 aliphatic heterocycles. The lowest BCUT2D eigenvalue weighted by atomic mass is 10.3. The highest BCUT2D eigenvalue weighted by Gasteiger charge is 2.14. The number of benzene rings is 2. The highest BCUT2D eigenvalue weighted by Crippen LogP contribution is 2.22. The zero-order valence-corrected chi connectivity index (χ0v) is 14.6. The lowest BCUT2D eigenvalue weighted by molar-refractivity contribution is -0.130. The van der Waals surface area contributed by atoms with Crippen LogP contribution in [-0.2, 0) is 17.8 Å². The van der Waals surface area contributed by atoms with Crippen molar-refractivity contribution in [2.75, 3.05) is 7.05 Å². The van der Waals surface area contributed by atoms with E-state index in [1.165, 1.54) is 0 Å². The van der Waals surface area contributed by atoms with Gasteiger partial charge in [-0.1, -0.05) is 24.3 Å². The molecule has 0 aliphatic carbocycles. The number of oxazole rings is 1. The smallest absolute Gasteiger partial charge is 0.223 e. The number of nitrogens with zero attached hydrogens (tertiary/aromatic N) is 3. The molecule has 0 saturated heterocycles. The zero-order chi connectivity index (χ0) is 17.2. The van der Waals surface area contributed by atoms with Crippen molar-refractivity contribution in [1.82, 2.24) is 14.9 Å². The van der Waals surface area contributed by atoms with Gasteiger partial charge in [0, 0.05) is 19.9 Å². The van der Waals surface area contributed by atoms with Gasteiger partial charge in [-0.25, -0.2) is 9.97 Å². The van der Waals surface area contributed by atoms with Gasteiger partial charge in [0.15, 0.2) is 11.5 Å². The molecule has 4 rings (SSSR count). The average molecular weight is 351 g/mol. The number of amides is 1. The number of carbonyl (C=O) groups excluding carboxylic acids is 1. The molecule has 2 aromatic carbocycles. The molecule has 6 heteroatoms. The minimum Gasteiger partial charge on any atom is -0.441 e. The van der Waals surface area contributed by atoms with Crippen LogP contribution in [0.25, 0.3) is 21.3 Å². The molecule has 0 atom stereocenters. The summed E-state index contributed by atoms with van der Waals surface area (Å²) in [5.74, 6) is 0.657. The second-order valence-electron chi connectivity index (χ2n) is 5.90. The SMILES string of the molecule is CN(Cc1nc2ccccc2s1)C(=O)CCc1nc2ccccc2o1.